The highest BCUT2D eigenvalue weighted by atomic mass is 35.5. The minimum absolute atomic E-state index is 0.0168. The molecule has 168 valence electrons. The first kappa shape index (κ1) is 22.9. The normalized spacial score (nSPS) is 24.9. The molecule has 1 unspecified atom stereocenters. The molecule has 0 spiro atoms. The van der Waals surface area contributed by atoms with Crippen molar-refractivity contribution in [2.45, 2.75) is 35.6 Å². The third-order valence-electron chi connectivity index (χ3n) is 6.60. The van der Waals surface area contributed by atoms with E-state index in [0.717, 1.165) is 16.9 Å². The van der Waals surface area contributed by atoms with Crippen LogP contribution >= 0.6 is 22.9 Å². The third-order valence-corrected chi connectivity index (χ3v) is 10.1. The number of thiophene rings is 1. The summed E-state index contributed by atoms with van der Waals surface area (Å²) >= 11 is 7.07. The number of hydrogen-bond acceptors (Lipinski definition) is 5. The minimum atomic E-state index is -4.11. The Balaban J connectivity index is 1.68. The molecule has 0 bridgehead atoms. The van der Waals surface area contributed by atoms with Crippen LogP contribution in [-0.4, -0.2) is 30.1 Å². The van der Waals surface area contributed by atoms with Crippen molar-refractivity contribution in [2.24, 2.45) is 5.92 Å². The van der Waals surface area contributed by atoms with Gasteiger partial charge in [0.15, 0.2) is 0 Å². The van der Waals surface area contributed by atoms with Gasteiger partial charge in [-0.2, -0.15) is 4.72 Å². The average Bonchev–Trinajstić information content (AvgIpc) is 3.12. The number of aliphatic carboxylic acids is 1. The molecule has 3 N–H and O–H groups in total. The predicted molar refractivity (Wildman–Crippen MR) is 124 cm³/mol. The number of hydrogen-bond donors (Lipinski definition) is 3. The van der Waals surface area contributed by atoms with Crippen molar-refractivity contribution in [1.82, 2.24) is 4.72 Å². The lowest BCUT2D eigenvalue weighted by Gasteiger charge is -2.20. The Kier molecular flexibility index (Phi) is 5.71. The van der Waals surface area contributed by atoms with Gasteiger partial charge in [0.1, 0.15) is 9.75 Å². The molecule has 0 radical (unpaired) electrons. The van der Waals surface area contributed by atoms with Crippen molar-refractivity contribution in [3.05, 3.63) is 76.8 Å². The molecular weight excluding hydrogens is 470 g/mol. The second-order valence-corrected chi connectivity index (χ2v) is 11.5. The molecule has 0 aliphatic heterocycles. The highest BCUT2D eigenvalue weighted by Crippen LogP contribution is 2.63. The Bertz CT molecular complexity index is 1290. The SMILES string of the molecule is CC1[C@](C)(c2ccccc2)[C@]1(NS(=O)(=O)c1ccc(-c2ccc(Cl)c(CO)c2)s1)C(=O)O. The van der Waals surface area contributed by atoms with E-state index in [0.29, 0.717) is 21.0 Å². The first-order chi connectivity index (χ1) is 15.1. The Hall–Kier alpha value is -2.23. The quantitative estimate of drug-likeness (QED) is 0.458. The third kappa shape index (κ3) is 3.38. The second kappa shape index (κ2) is 7.97. The summed E-state index contributed by atoms with van der Waals surface area (Å²) < 4.78 is 29.0. The van der Waals surface area contributed by atoms with Gasteiger partial charge in [0.25, 0.3) is 10.0 Å². The van der Waals surface area contributed by atoms with Crippen LogP contribution in [0.2, 0.25) is 5.02 Å². The zero-order valence-corrected chi connectivity index (χ0v) is 19.8. The van der Waals surface area contributed by atoms with Crippen LogP contribution < -0.4 is 4.72 Å². The van der Waals surface area contributed by atoms with Crippen molar-refractivity contribution in [3.8, 4) is 10.4 Å². The Morgan fingerprint density at radius 3 is 2.47 bits per heavy atom. The van der Waals surface area contributed by atoms with E-state index in [1.54, 1.807) is 38.1 Å². The molecule has 0 amide bonds. The van der Waals surface area contributed by atoms with Crippen molar-refractivity contribution >= 4 is 38.9 Å². The molecule has 32 heavy (non-hydrogen) atoms. The van der Waals surface area contributed by atoms with Crippen molar-refractivity contribution in [1.29, 1.82) is 0 Å². The van der Waals surface area contributed by atoms with Gasteiger partial charge in [-0.25, -0.2) is 8.42 Å². The van der Waals surface area contributed by atoms with Crippen LogP contribution in [0, 0.1) is 5.92 Å². The van der Waals surface area contributed by atoms with Gasteiger partial charge in [0, 0.05) is 15.3 Å². The highest BCUT2D eigenvalue weighted by molar-refractivity contribution is 7.91. The molecule has 3 aromatic rings. The summed E-state index contributed by atoms with van der Waals surface area (Å²) in [6.45, 7) is 3.28. The van der Waals surface area contributed by atoms with Gasteiger partial charge in [-0.05, 0) is 46.9 Å². The Morgan fingerprint density at radius 1 is 1.16 bits per heavy atom. The molecule has 1 aromatic heterocycles. The first-order valence-corrected chi connectivity index (χ1v) is 12.6. The average molecular weight is 492 g/mol. The number of nitrogens with one attached hydrogen (secondary N) is 1. The lowest BCUT2D eigenvalue weighted by Crippen LogP contribution is -2.48. The van der Waals surface area contributed by atoms with Crippen molar-refractivity contribution < 1.29 is 23.4 Å². The summed E-state index contributed by atoms with van der Waals surface area (Å²) in [6, 6.07) is 17.3. The Labute approximate surface area is 195 Å². The highest BCUT2D eigenvalue weighted by Gasteiger charge is 2.78. The fourth-order valence-electron chi connectivity index (χ4n) is 4.48. The molecule has 1 fully saturated rings. The number of rotatable bonds is 7. The largest absolute Gasteiger partial charge is 0.480 e. The lowest BCUT2D eigenvalue weighted by atomic mass is 9.92. The number of aliphatic hydroxyl groups excluding tert-OH is 1. The summed E-state index contributed by atoms with van der Waals surface area (Å²) in [4.78, 5) is 13.0. The number of sulfonamides is 1. The predicted octanol–water partition coefficient (Wildman–Crippen LogP) is 4.27. The van der Waals surface area contributed by atoms with Gasteiger partial charge in [-0.3, -0.25) is 4.79 Å². The number of aliphatic hydroxyl groups is 1. The summed E-state index contributed by atoms with van der Waals surface area (Å²) in [7, 11) is -4.11. The maximum absolute atomic E-state index is 13.3. The summed E-state index contributed by atoms with van der Waals surface area (Å²) in [5.74, 6) is -1.66. The van der Waals surface area contributed by atoms with E-state index in [1.807, 2.05) is 30.3 Å². The maximum Gasteiger partial charge on any atom is 0.326 e. The molecule has 1 aliphatic rings. The summed E-state index contributed by atoms with van der Waals surface area (Å²) in [6.07, 6.45) is 0. The molecule has 1 heterocycles. The van der Waals surface area contributed by atoms with E-state index in [4.69, 9.17) is 11.6 Å². The molecule has 3 atom stereocenters. The topological polar surface area (TPSA) is 104 Å². The second-order valence-electron chi connectivity index (χ2n) is 8.09. The van der Waals surface area contributed by atoms with Crippen molar-refractivity contribution in [3.63, 3.8) is 0 Å². The maximum atomic E-state index is 13.3. The fraction of sp³-hybridized carbons (Fsp3) is 0.261. The standard InChI is InChI=1S/C23H22ClNO5S2/c1-14-22(2,17-6-4-3-5-7-17)23(14,21(27)28)25-32(29,30)20-11-10-19(31-20)15-8-9-18(24)16(12-15)13-26/h3-12,14,25-26H,13H2,1-2H3,(H,27,28)/t14?,22-,23-/m1/s1. The van der Waals surface area contributed by atoms with E-state index < -0.39 is 32.9 Å². The van der Waals surface area contributed by atoms with Crippen molar-refractivity contribution in [2.75, 3.05) is 0 Å². The number of carboxylic acid groups (broad SMARTS) is 1. The van der Waals surface area contributed by atoms with Gasteiger partial charge < -0.3 is 10.2 Å². The summed E-state index contributed by atoms with van der Waals surface area (Å²) in [5, 5.41) is 19.9. The van der Waals surface area contributed by atoms with Crippen LogP contribution in [0.4, 0.5) is 0 Å². The zero-order valence-electron chi connectivity index (χ0n) is 17.4. The first-order valence-electron chi connectivity index (χ1n) is 9.90. The lowest BCUT2D eigenvalue weighted by molar-refractivity contribution is -0.141. The fourth-order valence-corrected chi connectivity index (χ4v) is 7.47. The van der Waals surface area contributed by atoms with Gasteiger partial charge in [-0.1, -0.05) is 61.8 Å². The van der Waals surface area contributed by atoms with Crippen LogP contribution in [0.15, 0.2) is 64.9 Å². The van der Waals surface area contributed by atoms with Gasteiger partial charge >= 0.3 is 5.97 Å². The van der Waals surface area contributed by atoms with Crippen LogP contribution in [0.25, 0.3) is 10.4 Å². The van der Waals surface area contributed by atoms with E-state index in [1.165, 1.54) is 6.07 Å². The number of carboxylic acids is 1. The minimum Gasteiger partial charge on any atom is -0.480 e. The molecular formula is C23H22ClNO5S2. The van der Waals surface area contributed by atoms with Gasteiger partial charge in [-0.15, -0.1) is 11.3 Å². The molecule has 4 rings (SSSR count). The molecule has 2 aromatic carbocycles. The Morgan fingerprint density at radius 2 is 1.84 bits per heavy atom. The smallest absolute Gasteiger partial charge is 0.326 e. The van der Waals surface area contributed by atoms with E-state index >= 15 is 0 Å². The number of carbonyl (C=O) groups is 1. The summed E-state index contributed by atoms with van der Waals surface area (Å²) in [5.41, 5.74) is -0.523. The van der Waals surface area contributed by atoms with Gasteiger partial charge in [0.2, 0.25) is 0 Å². The molecule has 6 nitrogen and oxygen atoms in total. The van der Waals surface area contributed by atoms with Crippen LogP contribution in [0.5, 0.6) is 0 Å². The van der Waals surface area contributed by atoms with Gasteiger partial charge in [0.05, 0.1) is 6.61 Å². The molecule has 1 aliphatic carbocycles. The van der Waals surface area contributed by atoms with E-state index in [9.17, 15) is 23.4 Å². The zero-order chi connectivity index (χ0) is 23.3. The molecule has 9 heteroatoms. The molecule has 0 saturated heterocycles. The van der Waals surface area contributed by atoms with Crippen LogP contribution in [0.3, 0.4) is 0 Å². The monoisotopic (exact) mass is 491 g/mol. The van der Waals surface area contributed by atoms with Crippen LogP contribution in [0.1, 0.15) is 25.0 Å². The molecule has 1 saturated carbocycles. The number of halogens is 1. The van der Waals surface area contributed by atoms with E-state index in [2.05, 4.69) is 4.72 Å². The van der Waals surface area contributed by atoms with Crippen LogP contribution in [-0.2, 0) is 26.8 Å². The number of benzene rings is 2. The van der Waals surface area contributed by atoms with E-state index in [-0.39, 0.29) is 10.8 Å².